The fraction of sp³-hybridized carbons (Fsp3) is 0.278. The van der Waals surface area contributed by atoms with Crippen LogP contribution in [0.2, 0.25) is 0 Å². The van der Waals surface area contributed by atoms with Gasteiger partial charge in [0.15, 0.2) is 0 Å². The van der Waals surface area contributed by atoms with Crippen molar-refractivity contribution in [3.8, 4) is 0 Å². The van der Waals surface area contributed by atoms with E-state index in [4.69, 9.17) is 0 Å². The van der Waals surface area contributed by atoms with Crippen molar-refractivity contribution in [3.05, 3.63) is 59.7 Å². The quantitative estimate of drug-likeness (QED) is 0.930. The van der Waals surface area contributed by atoms with Crippen LogP contribution < -0.4 is 4.90 Å². The van der Waals surface area contributed by atoms with Crippen LogP contribution >= 0.6 is 0 Å². The highest BCUT2D eigenvalue weighted by Crippen LogP contribution is 2.38. The molecule has 0 unspecified atom stereocenters. The van der Waals surface area contributed by atoms with Crippen LogP contribution in [0.5, 0.6) is 0 Å². The number of rotatable bonds is 3. The first-order valence-electron chi connectivity index (χ1n) is 7.40. The van der Waals surface area contributed by atoms with E-state index in [-0.39, 0.29) is 0 Å². The fourth-order valence-corrected chi connectivity index (χ4v) is 3.12. The van der Waals surface area contributed by atoms with Crippen molar-refractivity contribution < 1.29 is 9.90 Å². The second-order valence-electron chi connectivity index (χ2n) is 5.39. The number of fused-ring (bicyclic) bond motifs is 2. The van der Waals surface area contributed by atoms with Gasteiger partial charge >= 0.3 is 5.97 Å². The van der Waals surface area contributed by atoms with Gasteiger partial charge in [-0.3, -0.25) is 0 Å². The Morgan fingerprint density at radius 2 is 1.52 bits per heavy atom. The third-order valence-corrected chi connectivity index (χ3v) is 4.15. The predicted molar refractivity (Wildman–Crippen MR) is 84.1 cm³/mol. The van der Waals surface area contributed by atoms with Crippen molar-refractivity contribution in [2.45, 2.75) is 32.2 Å². The Kier molecular flexibility index (Phi) is 3.65. The molecule has 2 aromatic rings. The molecule has 0 fully saturated rings. The van der Waals surface area contributed by atoms with E-state index in [1.165, 1.54) is 11.1 Å². The molecule has 1 aliphatic heterocycles. The molecule has 0 radical (unpaired) electrons. The minimum absolute atomic E-state index is 0.537. The van der Waals surface area contributed by atoms with Crippen molar-refractivity contribution in [2.75, 3.05) is 4.90 Å². The summed E-state index contributed by atoms with van der Waals surface area (Å²) in [5, 5.41) is 9.63. The van der Waals surface area contributed by atoms with Gasteiger partial charge in [-0.1, -0.05) is 43.3 Å². The third-order valence-electron chi connectivity index (χ3n) is 4.15. The highest BCUT2D eigenvalue weighted by molar-refractivity contribution is 5.84. The highest BCUT2D eigenvalue weighted by Gasteiger charge is 2.30. The largest absolute Gasteiger partial charge is 0.480 e. The zero-order valence-corrected chi connectivity index (χ0v) is 12.1. The molecule has 3 heteroatoms. The van der Waals surface area contributed by atoms with Crippen molar-refractivity contribution in [1.29, 1.82) is 0 Å². The zero-order chi connectivity index (χ0) is 14.8. The van der Waals surface area contributed by atoms with Crippen LogP contribution in [0.3, 0.4) is 0 Å². The monoisotopic (exact) mass is 281 g/mol. The molecule has 1 N–H and O–H groups in total. The average molecular weight is 281 g/mol. The lowest BCUT2D eigenvalue weighted by atomic mass is 10.0. The van der Waals surface area contributed by atoms with Crippen molar-refractivity contribution in [3.63, 3.8) is 0 Å². The molecule has 0 bridgehead atoms. The number of para-hydroxylation sites is 2. The molecule has 1 aliphatic rings. The van der Waals surface area contributed by atoms with Crippen LogP contribution in [0.15, 0.2) is 48.5 Å². The number of hydrogen-bond donors (Lipinski definition) is 1. The Bertz CT molecular complexity index is 618. The van der Waals surface area contributed by atoms with E-state index in [1.807, 2.05) is 48.2 Å². The highest BCUT2D eigenvalue weighted by atomic mass is 16.4. The molecule has 0 aromatic heterocycles. The molecule has 21 heavy (non-hydrogen) atoms. The maximum atomic E-state index is 11.7. The number of carbonyl (C=O) groups is 1. The molecule has 0 amide bonds. The summed E-state index contributed by atoms with van der Waals surface area (Å²) in [4.78, 5) is 13.7. The molecule has 2 aromatic carbocycles. The molecule has 108 valence electrons. The van der Waals surface area contributed by atoms with Gasteiger partial charge < -0.3 is 10.0 Å². The number of hydrogen-bond acceptors (Lipinski definition) is 2. The van der Waals surface area contributed by atoms with Crippen molar-refractivity contribution in [2.24, 2.45) is 0 Å². The molecule has 3 nitrogen and oxygen atoms in total. The summed E-state index contributed by atoms with van der Waals surface area (Å²) < 4.78 is 0. The number of aryl methyl sites for hydroxylation is 2. The Labute approximate surface area is 124 Å². The molecule has 0 spiro atoms. The summed E-state index contributed by atoms with van der Waals surface area (Å²) in [5.74, 6) is -0.774. The number of carboxylic acid groups (broad SMARTS) is 1. The van der Waals surface area contributed by atoms with Crippen LogP contribution in [0.1, 0.15) is 24.5 Å². The van der Waals surface area contributed by atoms with Gasteiger partial charge in [-0.15, -0.1) is 0 Å². The van der Waals surface area contributed by atoms with E-state index in [0.717, 1.165) is 24.2 Å². The van der Waals surface area contributed by atoms with Gasteiger partial charge in [0.05, 0.1) is 0 Å². The number of nitrogens with zero attached hydrogens (tertiary/aromatic N) is 1. The lowest BCUT2D eigenvalue weighted by Crippen LogP contribution is -2.38. The molecule has 0 saturated carbocycles. The summed E-state index contributed by atoms with van der Waals surface area (Å²) in [6, 6.07) is 15.7. The Morgan fingerprint density at radius 3 is 1.95 bits per heavy atom. The third kappa shape index (κ3) is 2.40. The maximum Gasteiger partial charge on any atom is 0.326 e. The summed E-state index contributed by atoms with van der Waals surface area (Å²) >= 11 is 0. The normalized spacial score (nSPS) is 14.8. The lowest BCUT2D eigenvalue weighted by molar-refractivity contribution is -0.138. The van der Waals surface area contributed by atoms with E-state index in [9.17, 15) is 9.90 Å². The van der Waals surface area contributed by atoms with Gasteiger partial charge in [-0.25, -0.2) is 4.79 Å². The van der Waals surface area contributed by atoms with Crippen molar-refractivity contribution >= 4 is 17.3 Å². The summed E-state index contributed by atoms with van der Waals surface area (Å²) in [6.07, 6.45) is 2.46. The van der Waals surface area contributed by atoms with E-state index in [2.05, 4.69) is 12.1 Å². The van der Waals surface area contributed by atoms with Crippen LogP contribution in [-0.4, -0.2) is 17.1 Å². The average Bonchev–Trinajstić information content (AvgIpc) is 2.66. The second-order valence-corrected chi connectivity index (χ2v) is 5.39. The first kappa shape index (κ1) is 13.7. The van der Waals surface area contributed by atoms with E-state index >= 15 is 0 Å². The molecule has 3 rings (SSSR count). The van der Waals surface area contributed by atoms with Gasteiger partial charge in [0.2, 0.25) is 0 Å². The number of benzene rings is 2. The number of aliphatic carboxylic acids is 1. The van der Waals surface area contributed by atoms with Gasteiger partial charge in [0.25, 0.3) is 0 Å². The number of anilines is 2. The van der Waals surface area contributed by atoms with E-state index < -0.39 is 12.0 Å². The molecule has 1 heterocycles. The summed E-state index contributed by atoms with van der Waals surface area (Å²) in [5.41, 5.74) is 4.48. The van der Waals surface area contributed by atoms with Gasteiger partial charge in [-0.05, 0) is 42.5 Å². The minimum atomic E-state index is -0.774. The van der Waals surface area contributed by atoms with Gasteiger partial charge in [0.1, 0.15) is 6.04 Å². The van der Waals surface area contributed by atoms with Gasteiger partial charge in [0, 0.05) is 11.4 Å². The number of carboxylic acids is 1. The SMILES string of the molecule is CC[C@H](C(=O)O)N1c2ccccc2CCc2ccccc21. The van der Waals surface area contributed by atoms with Crippen LogP contribution in [0.25, 0.3) is 0 Å². The minimum Gasteiger partial charge on any atom is -0.480 e. The molecule has 0 aliphatic carbocycles. The molecular weight excluding hydrogens is 262 g/mol. The predicted octanol–water partition coefficient (Wildman–Crippen LogP) is 3.79. The standard InChI is InChI=1S/C18H19NO2/c1-2-15(18(20)21)19-16-9-5-3-7-13(16)11-12-14-8-4-6-10-17(14)19/h3-10,15H,2,11-12H2,1H3,(H,20,21)/t15-/m1/s1. The maximum absolute atomic E-state index is 11.7. The topological polar surface area (TPSA) is 40.5 Å². The first-order chi connectivity index (χ1) is 10.2. The van der Waals surface area contributed by atoms with Crippen molar-refractivity contribution in [1.82, 2.24) is 0 Å². The van der Waals surface area contributed by atoms with Gasteiger partial charge in [-0.2, -0.15) is 0 Å². The molecule has 1 atom stereocenters. The smallest absolute Gasteiger partial charge is 0.326 e. The Hall–Kier alpha value is -2.29. The van der Waals surface area contributed by atoms with Crippen LogP contribution in [-0.2, 0) is 17.6 Å². The molecular formula is C18H19NO2. The molecule has 0 saturated heterocycles. The lowest BCUT2D eigenvalue weighted by Gasteiger charge is -2.32. The fourth-order valence-electron chi connectivity index (χ4n) is 3.12. The van der Waals surface area contributed by atoms with Crippen LogP contribution in [0.4, 0.5) is 11.4 Å². The van der Waals surface area contributed by atoms with E-state index in [0.29, 0.717) is 6.42 Å². The van der Waals surface area contributed by atoms with E-state index in [1.54, 1.807) is 0 Å². The Balaban J connectivity index is 2.22. The second kappa shape index (κ2) is 5.60. The first-order valence-corrected chi connectivity index (χ1v) is 7.40. The van der Waals surface area contributed by atoms with Crippen LogP contribution in [0, 0.1) is 0 Å². The Morgan fingerprint density at radius 1 is 1.05 bits per heavy atom. The zero-order valence-electron chi connectivity index (χ0n) is 12.1. The summed E-state index contributed by atoms with van der Waals surface area (Å²) in [7, 11) is 0. The summed E-state index contributed by atoms with van der Waals surface area (Å²) in [6.45, 7) is 1.93.